The molecule has 0 heterocycles. The fourth-order valence-corrected chi connectivity index (χ4v) is 3.35. The van der Waals surface area contributed by atoms with Crippen molar-refractivity contribution in [3.05, 3.63) is 0 Å². The molecule has 0 aromatic heterocycles. The summed E-state index contributed by atoms with van der Waals surface area (Å²) in [5.41, 5.74) is 0. The zero-order valence-corrected chi connectivity index (χ0v) is 16.7. The van der Waals surface area contributed by atoms with Gasteiger partial charge in [-0.15, -0.1) is 0 Å². The number of hydrogen-bond donors (Lipinski definition) is 0. The molecule has 0 spiro atoms. The van der Waals surface area contributed by atoms with E-state index in [0.29, 0.717) is 31.5 Å². The molecule has 1 fully saturated rings. The molecule has 1 aliphatic rings. The molecule has 146 valence electrons. The van der Waals surface area contributed by atoms with Gasteiger partial charge < -0.3 is 9.47 Å². The molecule has 0 bridgehead atoms. The van der Waals surface area contributed by atoms with Gasteiger partial charge in [-0.2, -0.15) is 0 Å². The van der Waals surface area contributed by atoms with E-state index < -0.39 is 0 Å². The third-order valence-corrected chi connectivity index (χ3v) is 5.28. The highest BCUT2D eigenvalue weighted by Gasteiger charge is 2.33. The van der Waals surface area contributed by atoms with Crippen LogP contribution in [-0.4, -0.2) is 25.2 Å². The molecular weight excluding hydrogens is 316 g/mol. The van der Waals surface area contributed by atoms with Gasteiger partial charge in [0, 0.05) is 0 Å². The summed E-state index contributed by atoms with van der Waals surface area (Å²) in [6, 6.07) is 0. The lowest BCUT2D eigenvalue weighted by molar-refractivity contribution is -0.156. The molecule has 1 rings (SSSR count). The number of carbonyl (C=O) groups excluding carboxylic acids is 2. The first kappa shape index (κ1) is 22.0. The molecule has 0 aromatic carbocycles. The van der Waals surface area contributed by atoms with E-state index in [1.807, 2.05) is 0 Å². The van der Waals surface area contributed by atoms with Crippen molar-refractivity contribution in [2.45, 2.75) is 85.5 Å². The van der Waals surface area contributed by atoms with E-state index >= 15 is 0 Å². The van der Waals surface area contributed by atoms with Crippen LogP contribution in [-0.2, 0) is 19.1 Å². The fraction of sp³-hybridized carbons (Fsp3) is 0.905. The maximum Gasteiger partial charge on any atom is 0.308 e. The lowest BCUT2D eigenvalue weighted by Gasteiger charge is -2.27. The molecule has 0 radical (unpaired) electrons. The van der Waals surface area contributed by atoms with Gasteiger partial charge in [-0.3, -0.25) is 9.59 Å². The highest BCUT2D eigenvalue weighted by atomic mass is 16.5. The molecule has 1 aliphatic carbocycles. The van der Waals surface area contributed by atoms with Crippen molar-refractivity contribution in [1.29, 1.82) is 0 Å². The van der Waals surface area contributed by atoms with E-state index in [-0.39, 0.29) is 23.8 Å². The number of unbranched alkanes of at least 4 members (excludes halogenated alkanes) is 1. The zero-order valence-electron chi connectivity index (χ0n) is 16.7. The van der Waals surface area contributed by atoms with Crippen LogP contribution in [0.15, 0.2) is 0 Å². The number of rotatable bonds is 11. The van der Waals surface area contributed by atoms with Crippen LogP contribution in [0.3, 0.4) is 0 Å². The van der Waals surface area contributed by atoms with E-state index in [9.17, 15) is 9.59 Å². The van der Waals surface area contributed by atoms with Crippen molar-refractivity contribution in [2.75, 3.05) is 13.2 Å². The number of ether oxygens (including phenoxy) is 2. The van der Waals surface area contributed by atoms with Gasteiger partial charge in [0.15, 0.2) is 0 Å². The van der Waals surface area contributed by atoms with Crippen LogP contribution in [0, 0.1) is 23.7 Å². The van der Waals surface area contributed by atoms with Crippen molar-refractivity contribution < 1.29 is 19.1 Å². The predicted octanol–water partition coefficient (Wildman–Crippen LogP) is 5.14. The van der Waals surface area contributed by atoms with Crippen molar-refractivity contribution >= 4 is 11.9 Å². The monoisotopic (exact) mass is 354 g/mol. The highest BCUT2D eigenvalue weighted by Crippen LogP contribution is 2.31. The Morgan fingerprint density at radius 3 is 2.20 bits per heavy atom. The molecule has 1 saturated carbocycles. The molecular formula is C21H38O4. The zero-order chi connectivity index (χ0) is 18.7. The first-order valence-electron chi connectivity index (χ1n) is 10.3. The quantitative estimate of drug-likeness (QED) is 0.482. The smallest absolute Gasteiger partial charge is 0.308 e. The largest absolute Gasteiger partial charge is 0.465 e. The lowest BCUT2D eigenvalue weighted by Crippen LogP contribution is -2.30. The number of hydrogen-bond acceptors (Lipinski definition) is 4. The summed E-state index contributed by atoms with van der Waals surface area (Å²) in [7, 11) is 0. The van der Waals surface area contributed by atoms with Crippen molar-refractivity contribution in [2.24, 2.45) is 23.7 Å². The molecule has 3 unspecified atom stereocenters. The second-order valence-electron chi connectivity index (χ2n) is 7.96. The molecule has 4 heteroatoms. The Hall–Kier alpha value is -1.06. The summed E-state index contributed by atoms with van der Waals surface area (Å²) in [5.74, 6) is 0.466. The molecule has 0 aromatic rings. The molecule has 3 atom stereocenters. The third kappa shape index (κ3) is 8.73. The average Bonchev–Trinajstić information content (AvgIpc) is 2.61. The second kappa shape index (κ2) is 12.3. The van der Waals surface area contributed by atoms with Crippen LogP contribution in [0.5, 0.6) is 0 Å². The standard InChI is InChI=1S/C21H38O4/c1-5-7-9-17(6-2)15-25-21(23)19-11-8-10-18(14-19)20(22)24-13-12-16(3)4/h16-19H,5-15H2,1-4H3. The second-order valence-corrected chi connectivity index (χ2v) is 7.96. The minimum absolute atomic E-state index is 0.116. The maximum absolute atomic E-state index is 12.4. The van der Waals surface area contributed by atoms with E-state index in [4.69, 9.17) is 9.47 Å². The van der Waals surface area contributed by atoms with Crippen LogP contribution >= 0.6 is 0 Å². The Labute approximate surface area is 154 Å². The van der Waals surface area contributed by atoms with Crippen LogP contribution in [0.2, 0.25) is 0 Å². The summed E-state index contributed by atoms with van der Waals surface area (Å²) in [4.78, 5) is 24.6. The predicted molar refractivity (Wildman–Crippen MR) is 100 cm³/mol. The molecule has 0 aliphatic heterocycles. The summed E-state index contributed by atoms with van der Waals surface area (Å²) in [6.45, 7) is 9.57. The Morgan fingerprint density at radius 2 is 1.64 bits per heavy atom. The topological polar surface area (TPSA) is 52.6 Å². The van der Waals surface area contributed by atoms with Gasteiger partial charge in [0.05, 0.1) is 25.0 Å². The van der Waals surface area contributed by atoms with Crippen LogP contribution in [0.1, 0.15) is 85.5 Å². The highest BCUT2D eigenvalue weighted by molar-refractivity contribution is 5.76. The summed E-state index contributed by atoms with van der Waals surface area (Å²) < 4.78 is 11.0. The summed E-state index contributed by atoms with van der Waals surface area (Å²) in [6.07, 6.45) is 8.57. The summed E-state index contributed by atoms with van der Waals surface area (Å²) in [5, 5.41) is 0. The minimum Gasteiger partial charge on any atom is -0.465 e. The van der Waals surface area contributed by atoms with Crippen molar-refractivity contribution in [1.82, 2.24) is 0 Å². The fourth-order valence-electron chi connectivity index (χ4n) is 3.35. The Morgan fingerprint density at radius 1 is 1.00 bits per heavy atom. The van der Waals surface area contributed by atoms with Gasteiger partial charge in [0.2, 0.25) is 0 Å². The molecule has 25 heavy (non-hydrogen) atoms. The van der Waals surface area contributed by atoms with Gasteiger partial charge in [-0.1, -0.05) is 53.4 Å². The minimum atomic E-state index is -0.139. The van der Waals surface area contributed by atoms with Crippen LogP contribution in [0.4, 0.5) is 0 Å². The van der Waals surface area contributed by atoms with Crippen molar-refractivity contribution in [3.8, 4) is 0 Å². The third-order valence-electron chi connectivity index (χ3n) is 5.28. The van der Waals surface area contributed by atoms with Crippen LogP contribution < -0.4 is 0 Å². The Bertz CT molecular complexity index is 391. The Kier molecular flexibility index (Phi) is 10.8. The van der Waals surface area contributed by atoms with Crippen molar-refractivity contribution in [3.63, 3.8) is 0 Å². The van der Waals surface area contributed by atoms with Gasteiger partial charge in [-0.05, 0) is 43.9 Å². The lowest BCUT2D eigenvalue weighted by atomic mass is 9.81. The van der Waals surface area contributed by atoms with Crippen LogP contribution in [0.25, 0.3) is 0 Å². The Balaban J connectivity index is 2.37. The first-order chi connectivity index (χ1) is 12.0. The average molecular weight is 355 g/mol. The van der Waals surface area contributed by atoms with E-state index in [0.717, 1.165) is 38.5 Å². The van der Waals surface area contributed by atoms with Gasteiger partial charge >= 0.3 is 11.9 Å². The van der Waals surface area contributed by atoms with E-state index in [1.165, 1.54) is 12.8 Å². The van der Waals surface area contributed by atoms with E-state index in [2.05, 4.69) is 27.7 Å². The first-order valence-corrected chi connectivity index (χ1v) is 10.3. The maximum atomic E-state index is 12.4. The van der Waals surface area contributed by atoms with Gasteiger partial charge in [0.1, 0.15) is 0 Å². The number of esters is 2. The molecule has 0 saturated heterocycles. The molecule has 0 N–H and O–H groups in total. The molecule has 0 amide bonds. The number of carbonyl (C=O) groups is 2. The molecule has 4 nitrogen and oxygen atoms in total. The normalized spacial score (nSPS) is 21.8. The SMILES string of the molecule is CCCCC(CC)COC(=O)C1CCCC(C(=O)OCCC(C)C)C1. The van der Waals surface area contributed by atoms with Gasteiger partial charge in [-0.25, -0.2) is 0 Å². The van der Waals surface area contributed by atoms with E-state index in [1.54, 1.807) is 0 Å². The summed E-state index contributed by atoms with van der Waals surface area (Å²) >= 11 is 0. The van der Waals surface area contributed by atoms with Gasteiger partial charge in [0.25, 0.3) is 0 Å².